The third-order valence-corrected chi connectivity index (χ3v) is 5.51. The molecule has 30 heavy (non-hydrogen) atoms. The lowest BCUT2D eigenvalue weighted by molar-refractivity contribution is -0.122. The lowest BCUT2D eigenvalue weighted by atomic mass is 9.96. The van der Waals surface area contributed by atoms with Crippen LogP contribution < -0.4 is 16.0 Å². The molecule has 0 atom stereocenters. The lowest BCUT2D eigenvalue weighted by Crippen LogP contribution is -2.38. The molecule has 2 aromatic carbocycles. The van der Waals surface area contributed by atoms with Crippen molar-refractivity contribution in [1.82, 2.24) is 9.78 Å². The van der Waals surface area contributed by atoms with E-state index in [1.165, 1.54) is 0 Å². The molecule has 1 aliphatic rings. The highest BCUT2D eigenvalue weighted by Crippen LogP contribution is 2.30. The Morgan fingerprint density at radius 1 is 1.03 bits per heavy atom. The van der Waals surface area contributed by atoms with E-state index in [1.807, 2.05) is 61.5 Å². The molecule has 2 amide bonds. The van der Waals surface area contributed by atoms with E-state index in [-0.39, 0.29) is 17.7 Å². The van der Waals surface area contributed by atoms with Crippen LogP contribution in [-0.2, 0) is 4.79 Å². The Morgan fingerprint density at radius 3 is 2.40 bits per heavy atom. The summed E-state index contributed by atoms with van der Waals surface area (Å²) < 4.78 is 1.76. The third kappa shape index (κ3) is 4.05. The van der Waals surface area contributed by atoms with Gasteiger partial charge in [-0.1, -0.05) is 30.3 Å². The summed E-state index contributed by atoms with van der Waals surface area (Å²) >= 11 is 0. The molecule has 0 aliphatic carbocycles. The number of primary amides is 1. The summed E-state index contributed by atoms with van der Waals surface area (Å²) in [5.41, 5.74) is 9.26. The summed E-state index contributed by atoms with van der Waals surface area (Å²) in [6.45, 7) is 3.37. The van der Waals surface area contributed by atoms with Crippen LogP contribution in [0, 0.1) is 12.8 Å². The molecule has 0 unspecified atom stereocenters. The lowest BCUT2D eigenvalue weighted by Gasteiger charge is -2.33. The van der Waals surface area contributed by atoms with Crippen LogP contribution >= 0.6 is 0 Å². The minimum Gasteiger partial charge on any atom is -0.370 e. The number of rotatable bonds is 5. The van der Waals surface area contributed by atoms with E-state index in [2.05, 4.69) is 15.3 Å². The topological polar surface area (TPSA) is 93.2 Å². The maximum absolute atomic E-state index is 12.9. The molecule has 3 N–H and O–H groups in total. The van der Waals surface area contributed by atoms with Crippen molar-refractivity contribution in [3.05, 3.63) is 72.1 Å². The van der Waals surface area contributed by atoms with Gasteiger partial charge in [0.1, 0.15) is 0 Å². The summed E-state index contributed by atoms with van der Waals surface area (Å²) in [6, 6.07) is 19.2. The first kappa shape index (κ1) is 19.7. The van der Waals surface area contributed by atoms with Crippen LogP contribution in [0.4, 0.5) is 11.4 Å². The average Bonchev–Trinajstić information content (AvgIpc) is 3.16. The predicted molar refractivity (Wildman–Crippen MR) is 117 cm³/mol. The van der Waals surface area contributed by atoms with E-state index in [0.717, 1.165) is 48.7 Å². The third-order valence-electron chi connectivity index (χ3n) is 5.51. The van der Waals surface area contributed by atoms with E-state index >= 15 is 0 Å². The van der Waals surface area contributed by atoms with Crippen LogP contribution in [0.5, 0.6) is 0 Å². The van der Waals surface area contributed by atoms with Crippen LogP contribution in [0.25, 0.3) is 5.69 Å². The van der Waals surface area contributed by atoms with E-state index in [9.17, 15) is 9.59 Å². The second kappa shape index (κ2) is 8.41. The number of aryl methyl sites for hydroxylation is 1. The first-order valence-electron chi connectivity index (χ1n) is 10.1. The van der Waals surface area contributed by atoms with Crippen molar-refractivity contribution in [2.45, 2.75) is 19.8 Å². The number of benzene rings is 2. The number of piperidine rings is 1. The quantitative estimate of drug-likeness (QED) is 0.684. The smallest absolute Gasteiger partial charge is 0.276 e. The molecule has 154 valence electrons. The SMILES string of the molecule is Cc1cc(C(=O)Nc2ccccc2N2CCC(C(N)=O)CC2)nn1-c1ccccc1. The summed E-state index contributed by atoms with van der Waals surface area (Å²) in [5, 5.41) is 7.49. The zero-order valence-electron chi connectivity index (χ0n) is 16.9. The van der Waals surface area contributed by atoms with Gasteiger partial charge >= 0.3 is 0 Å². The molecule has 1 saturated heterocycles. The molecule has 1 aliphatic heterocycles. The summed E-state index contributed by atoms with van der Waals surface area (Å²) in [5.74, 6) is -0.569. The van der Waals surface area contributed by atoms with Gasteiger partial charge in [0.25, 0.3) is 5.91 Å². The molecule has 2 heterocycles. The molecule has 0 spiro atoms. The minimum atomic E-state index is -0.257. The second-order valence-electron chi connectivity index (χ2n) is 7.55. The van der Waals surface area contributed by atoms with Gasteiger partial charge in [0.05, 0.1) is 17.1 Å². The molecule has 1 fully saturated rings. The average molecular weight is 403 g/mol. The minimum absolute atomic E-state index is 0.0760. The number of aromatic nitrogens is 2. The highest BCUT2D eigenvalue weighted by molar-refractivity contribution is 6.04. The fourth-order valence-electron chi connectivity index (χ4n) is 3.86. The summed E-state index contributed by atoms with van der Waals surface area (Å²) in [7, 11) is 0. The van der Waals surface area contributed by atoms with Crippen molar-refractivity contribution in [2.75, 3.05) is 23.3 Å². The molecule has 7 nitrogen and oxygen atoms in total. The monoisotopic (exact) mass is 403 g/mol. The fourth-order valence-corrected chi connectivity index (χ4v) is 3.86. The Hall–Kier alpha value is -3.61. The zero-order chi connectivity index (χ0) is 21.1. The Kier molecular flexibility index (Phi) is 5.52. The molecule has 7 heteroatoms. The van der Waals surface area contributed by atoms with Crippen molar-refractivity contribution < 1.29 is 9.59 Å². The number of nitrogens with one attached hydrogen (secondary N) is 1. The molecule has 3 aromatic rings. The molecule has 0 radical (unpaired) electrons. The number of carbonyl (C=O) groups excluding carboxylic acids is 2. The number of carbonyl (C=O) groups is 2. The van der Waals surface area contributed by atoms with Crippen molar-refractivity contribution in [2.24, 2.45) is 11.7 Å². The second-order valence-corrected chi connectivity index (χ2v) is 7.55. The van der Waals surface area contributed by atoms with Crippen LogP contribution in [0.1, 0.15) is 29.0 Å². The zero-order valence-corrected chi connectivity index (χ0v) is 16.9. The normalized spacial score (nSPS) is 14.5. The number of nitrogens with zero attached hydrogens (tertiary/aromatic N) is 3. The van der Waals surface area contributed by atoms with Gasteiger partial charge in [0.2, 0.25) is 5.91 Å². The summed E-state index contributed by atoms with van der Waals surface area (Å²) in [4.78, 5) is 26.5. The molecule has 1 aromatic heterocycles. The van der Waals surface area contributed by atoms with Gasteiger partial charge in [-0.25, -0.2) is 4.68 Å². The van der Waals surface area contributed by atoms with Gasteiger partial charge in [-0.2, -0.15) is 5.10 Å². The molecule has 4 rings (SSSR count). The largest absolute Gasteiger partial charge is 0.370 e. The van der Waals surface area contributed by atoms with E-state index in [4.69, 9.17) is 5.73 Å². The molecule has 0 bridgehead atoms. The number of hydrogen-bond acceptors (Lipinski definition) is 4. The van der Waals surface area contributed by atoms with Crippen molar-refractivity contribution in [3.8, 4) is 5.69 Å². The first-order valence-corrected chi connectivity index (χ1v) is 10.1. The molecular weight excluding hydrogens is 378 g/mol. The number of nitrogens with two attached hydrogens (primary N) is 1. The van der Waals surface area contributed by atoms with Crippen molar-refractivity contribution in [3.63, 3.8) is 0 Å². The van der Waals surface area contributed by atoms with Gasteiger partial charge in [0, 0.05) is 24.7 Å². The predicted octanol–water partition coefficient (Wildman–Crippen LogP) is 3.13. The number of hydrogen-bond donors (Lipinski definition) is 2. The Bertz CT molecular complexity index is 1050. The van der Waals surface area contributed by atoms with Gasteiger partial charge < -0.3 is 16.0 Å². The Balaban J connectivity index is 1.52. The summed E-state index contributed by atoms with van der Waals surface area (Å²) in [6.07, 6.45) is 1.44. The van der Waals surface area contributed by atoms with Gasteiger partial charge in [-0.15, -0.1) is 0 Å². The highest BCUT2D eigenvalue weighted by Gasteiger charge is 2.25. The maximum Gasteiger partial charge on any atom is 0.276 e. The standard InChI is InChI=1S/C23H25N5O2/c1-16-15-20(26-28(16)18-7-3-2-4-8-18)23(30)25-19-9-5-6-10-21(19)27-13-11-17(12-14-27)22(24)29/h2-10,15,17H,11-14H2,1H3,(H2,24,29)(H,25,30). The fraction of sp³-hybridized carbons (Fsp3) is 0.261. The highest BCUT2D eigenvalue weighted by atomic mass is 16.2. The van der Waals surface area contributed by atoms with Crippen LogP contribution in [0.3, 0.4) is 0 Å². The Labute approximate surface area is 175 Å². The van der Waals surface area contributed by atoms with E-state index in [0.29, 0.717) is 5.69 Å². The van der Waals surface area contributed by atoms with Crippen molar-refractivity contribution >= 4 is 23.2 Å². The number of anilines is 2. The number of para-hydroxylation sites is 3. The number of amides is 2. The van der Waals surface area contributed by atoms with E-state index < -0.39 is 0 Å². The van der Waals surface area contributed by atoms with Crippen molar-refractivity contribution in [1.29, 1.82) is 0 Å². The molecular formula is C23H25N5O2. The van der Waals surface area contributed by atoms with Crippen LogP contribution in [0.2, 0.25) is 0 Å². The van der Waals surface area contributed by atoms with Gasteiger partial charge in [-0.05, 0) is 50.1 Å². The van der Waals surface area contributed by atoms with Crippen LogP contribution in [0.15, 0.2) is 60.7 Å². The molecule has 0 saturated carbocycles. The van der Waals surface area contributed by atoms with E-state index in [1.54, 1.807) is 10.7 Å². The maximum atomic E-state index is 12.9. The van der Waals surface area contributed by atoms with Crippen LogP contribution in [-0.4, -0.2) is 34.7 Å². The van der Waals surface area contributed by atoms with Gasteiger partial charge in [-0.3, -0.25) is 9.59 Å². The van der Waals surface area contributed by atoms with Gasteiger partial charge in [0.15, 0.2) is 5.69 Å². The first-order chi connectivity index (χ1) is 14.5. The Morgan fingerprint density at radius 2 is 1.70 bits per heavy atom.